The summed E-state index contributed by atoms with van der Waals surface area (Å²) in [5, 5.41) is 12.9. The lowest BCUT2D eigenvalue weighted by Gasteiger charge is -2.12. The maximum atomic E-state index is 13.6. The van der Waals surface area contributed by atoms with E-state index in [0.29, 0.717) is 27.0 Å². The number of thioether (sulfide) groups is 1. The van der Waals surface area contributed by atoms with Gasteiger partial charge in [0.25, 0.3) is 11.2 Å². The van der Waals surface area contributed by atoms with Crippen molar-refractivity contribution in [2.45, 2.75) is 37.6 Å². The first-order valence-corrected chi connectivity index (χ1v) is 12.2. The third kappa shape index (κ3) is 4.44. The molecule has 0 aliphatic carbocycles. The van der Waals surface area contributed by atoms with Crippen LogP contribution >= 0.6 is 34.7 Å². The molecule has 0 aliphatic rings. The molecule has 2 aromatic carbocycles. The van der Waals surface area contributed by atoms with Gasteiger partial charge in [-0.2, -0.15) is 0 Å². The van der Waals surface area contributed by atoms with E-state index >= 15 is 0 Å². The van der Waals surface area contributed by atoms with Crippen molar-refractivity contribution in [2.24, 2.45) is 0 Å². The molecule has 0 N–H and O–H groups in total. The molecule has 0 fully saturated rings. The van der Waals surface area contributed by atoms with Crippen molar-refractivity contribution in [3.63, 3.8) is 0 Å². The lowest BCUT2D eigenvalue weighted by molar-refractivity contribution is -0.384. The molecular formula is C23H20ClN3O3S2. The van der Waals surface area contributed by atoms with Crippen LogP contribution in [0.4, 0.5) is 5.69 Å². The highest BCUT2D eigenvalue weighted by atomic mass is 35.5. The molecule has 2 aromatic heterocycles. The molecule has 0 saturated heterocycles. The van der Waals surface area contributed by atoms with E-state index in [2.05, 4.69) is 6.92 Å². The molecule has 0 unspecified atom stereocenters. The van der Waals surface area contributed by atoms with E-state index < -0.39 is 4.92 Å². The number of hydrogen-bond acceptors (Lipinski definition) is 6. The van der Waals surface area contributed by atoms with Crippen molar-refractivity contribution in [3.05, 3.63) is 90.0 Å². The first-order valence-electron chi connectivity index (χ1n) is 10.1. The number of hydrogen-bond donors (Lipinski definition) is 0. The second kappa shape index (κ2) is 9.44. The second-order valence-electron chi connectivity index (χ2n) is 7.31. The Balaban J connectivity index is 1.83. The molecule has 6 nitrogen and oxygen atoms in total. The highest BCUT2D eigenvalue weighted by Gasteiger charge is 2.19. The normalized spacial score (nSPS) is 11.2. The number of fused-ring (bicyclic) bond motifs is 1. The largest absolute Gasteiger partial charge is 0.269 e. The number of halogens is 1. The number of non-ortho nitro benzene ring substituents is 1. The fourth-order valence-corrected chi connectivity index (χ4v) is 5.90. The Morgan fingerprint density at radius 2 is 1.97 bits per heavy atom. The minimum atomic E-state index is -0.411. The van der Waals surface area contributed by atoms with Gasteiger partial charge in [0.15, 0.2) is 5.16 Å². The van der Waals surface area contributed by atoms with E-state index in [1.165, 1.54) is 22.7 Å². The summed E-state index contributed by atoms with van der Waals surface area (Å²) in [4.78, 5) is 31.1. The quantitative estimate of drug-likeness (QED) is 0.128. The van der Waals surface area contributed by atoms with Crippen molar-refractivity contribution in [1.29, 1.82) is 0 Å². The Hall–Kier alpha value is -2.68. The van der Waals surface area contributed by atoms with Crippen LogP contribution < -0.4 is 5.56 Å². The number of thiophene rings is 1. The number of nitro benzene ring substituents is 1. The molecule has 0 atom stereocenters. The van der Waals surface area contributed by atoms with Gasteiger partial charge in [-0.15, -0.1) is 11.3 Å². The zero-order valence-corrected chi connectivity index (χ0v) is 19.9. The summed E-state index contributed by atoms with van der Waals surface area (Å²) < 4.78 is 1.61. The standard InChI is InChI=1S/C23H20ClN3O3S2/c1-3-5-19-14(2)20-21(32-19)25-23(26(22(20)28)17-10-8-16(24)9-11-17)31-13-15-6-4-7-18(12-15)27(29)30/h4,6-12H,3,5,13H2,1-2H3. The van der Waals surface area contributed by atoms with Crippen LogP contribution in [0.5, 0.6) is 0 Å². The molecule has 0 bridgehead atoms. The summed E-state index contributed by atoms with van der Waals surface area (Å²) in [6.07, 6.45) is 1.90. The first kappa shape index (κ1) is 22.5. The number of aromatic nitrogens is 2. The first-order chi connectivity index (χ1) is 15.4. The summed E-state index contributed by atoms with van der Waals surface area (Å²) in [5.41, 5.74) is 2.38. The van der Waals surface area contributed by atoms with E-state index in [4.69, 9.17) is 16.6 Å². The highest BCUT2D eigenvalue weighted by Crippen LogP contribution is 2.32. The van der Waals surface area contributed by atoms with Crippen LogP contribution in [-0.4, -0.2) is 14.5 Å². The Morgan fingerprint density at radius 3 is 2.66 bits per heavy atom. The Kier molecular flexibility index (Phi) is 6.64. The minimum Gasteiger partial charge on any atom is -0.268 e. The van der Waals surface area contributed by atoms with Crippen LogP contribution in [0, 0.1) is 17.0 Å². The van der Waals surface area contributed by atoms with Gasteiger partial charge in [-0.3, -0.25) is 19.5 Å². The van der Waals surface area contributed by atoms with E-state index in [9.17, 15) is 14.9 Å². The van der Waals surface area contributed by atoms with Crippen molar-refractivity contribution in [3.8, 4) is 5.69 Å². The Morgan fingerprint density at radius 1 is 1.22 bits per heavy atom. The van der Waals surface area contributed by atoms with Crippen molar-refractivity contribution < 1.29 is 4.92 Å². The van der Waals surface area contributed by atoms with Gasteiger partial charge in [0.1, 0.15) is 4.83 Å². The molecule has 0 spiro atoms. The smallest absolute Gasteiger partial charge is 0.268 e. The number of benzene rings is 2. The number of aryl methyl sites for hydroxylation is 2. The Labute approximate surface area is 198 Å². The number of rotatable bonds is 7. The van der Waals surface area contributed by atoms with Crippen LogP contribution in [-0.2, 0) is 12.2 Å². The number of nitro groups is 1. The van der Waals surface area contributed by atoms with Crippen LogP contribution in [0.25, 0.3) is 15.9 Å². The summed E-state index contributed by atoms with van der Waals surface area (Å²) in [6.45, 7) is 4.10. The molecular weight excluding hydrogens is 466 g/mol. The predicted octanol–water partition coefficient (Wildman–Crippen LogP) is 6.56. The van der Waals surface area contributed by atoms with Gasteiger partial charge >= 0.3 is 0 Å². The van der Waals surface area contributed by atoms with E-state index in [-0.39, 0.29) is 11.2 Å². The summed E-state index contributed by atoms with van der Waals surface area (Å²) in [5.74, 6) is 0.444. The third-order valence-electron chi connectivity index (χ3n) is 5.08. The summed E-state index contributed by atoms with van der Waals surface area (Å²) >= 11 is 9.00. The van der Waals surface area contributed by atoms with Gasteiger partial charge in [-0.1, -0.05) is 48.8 Å². The molecule has 4 rings (SSSR count). The molecule has 0 saturated carbocycles. The molecule has 4 aromatic rings. The molecule has 0 aliphatic heterocycles. The van der Waals surface area contributed by atoms with Crippen molar-refractivity contribution in [1.82, 2.24) is 9.55 Å². The van der Waals surface area contributed by atoms with Crippen LogP contribution in [0.15, 0.2) is 58.5 Å². The SMILES string of the molecule is CCCc1sc2nc(SCc3cccc([N+](=O)[O-])c3)n(-c3ccc(Cl)cc3)c(=O)c2c1C. The molecule has 164 valence electrons. The van der Waals surface area contributed by atoms with Gasteiger partial charge in [0.2, 0.25) is 0 Å². The second-order valence-corrected chi connectivity index (χ2v) is 9.77. The van der Waals surface area contributed by atoms with Crippen LogP contribution in [0.1, 0.15) is 29.3 Å². The fraction of sp³-hybridized carbons (Fsp3) is 0.217. The van der Waals surface area contributed by atoms with E-state index in [1.54, 1.807) is 52.3 Å². The van der Waals surface area contributed by atoms with Crippen molar-refractivity contribution >= 4 is 50.6 Å². The average molecular weight is 486 g/mol. The fourth-order valence-electron chi connectivity index (χ4n) is 3.50. The topological polar surface area (TPSA) is 78.0 Å². The maximum absolute atomic E-state index is 13.6. The zero-order valence-electron chi connectivity index (χ0n) is 17.5. The van der Waals surface area contributed by atoms with Gasteiger partial charge in [0, 0.05) is 27.8 Å². The monoisotopic (exact) mass is 485 g/mol. The molecule has 32 heavy (non-hydrogen) atoms. The van der Waals surface area contributed by atoms with Crippen LogP contribution in [0.3, 0.4) is 0 Å². The highest BCUT2D eigenvalue weighted by molar-refractivity contribution is 7.98. The minimum absolute atomic E-state index is 0.0414. The summed E-state index contributed by atoms with van der Waals surface area (Å²) in [6, 6.07) is 13.6. The maximum Gasteiger partial charge on any atom is 0.269 e. The molecule has 0 radical (unpaired) electrons. The van der Waals surface area contributed by atoms with E-state index in [1.807, 2.05) is 13.0 Å². The molecule has 0 amide bonds. The van der Waals surface area contributed by atoms with E-state index in [0.717, 1.165) is 28.8 Å². The number of nitrogens with zero attached hydrogens (tertiary/aromatic N) is 3. The average Bonchev–Trinajstić information content (AvgIpc) is 3.09. The van der Waals surface area contributed by atoms with Crippen molar-refractivity contribution in [2.75, 3.05) is 0 Å². The van der Waals surface area contributed by atoms with Gasteiger partial charge in [0.05, 0.1) is 16.0 Å². The lowest BCUT2D eigenvalue weighted by atomic mass is 10.1. The zero-order chi connectivity index (χ0) is 22.8. The lowest BCUT2D eigenvalue weighted by Crippen LogP contribution is -2.21. The van der Waals surface area contributed by atoms with Gasteiger partial charge in [-0.05, 0) is 48.7 Å². The molecule has 2 heterocycles. The third-order valence-corrected chi connectivity index (χ3v) is 7.59. The van der Waals surface area contributed by atoms with Crippen LogP contribution in [0.2, 0.25) is 5.02 Å². The Bertz CT molecular complexity index is 1360. The summed E-state index contributed by atoms with van der Waals surface area (Å²) in [7, 11) is 0. The predicted molar refractivity (Wildman–Crippen MR) is 132 cm³/mol. The molecule has 9 heteroatoms. The van der Waals surface area contributed by atoms with Gasteiger partial charge < -0.3 is 0 Å². The van der Waals surface area contributed by atoms with Gasteiger partial charge in [-0.25, -0.2) is 4.98 Å².